The fourth-order valence-corrected chi connectivity index (χ4v) is 1.67. The zero-order valence-corrected chi connectivity index (χ0v) is 8.34. The Balaban J connectivity index is 2.21. The van der Waals surface area contributed by atoms with Crippen molar-refractivity contribution in [3.63, 3.8) is 0 Å². The molecule has 2 rings (SSSR count). The smallest absolute Gasteiger partial charge is 0.315 e. The third-order valence-electron chi connectivity index (χ3n) is 1.93. The number of amides is 2. The molecule has 1 aliphatic heterocycles. The average molecular weight is 242 g/mol. The van der Waals surface area contributed by atoms with E-state index in [-0.39, 0.29) is 12.1 Å². The number of carbonyl (C=O) groups excluding carboxylic acids is 1. The second-order valence-corrected chi connectivity index (χ2v) is 3.63. The van der Waals surface area contributed by atoms with E-state index in [0.717, 1.165) is 10.2 Å². The Morgan fingerprint density at radius 1 is 1.62 bits per heavy atom. The van der Waals surface area contributed by atoms with E-state index in [2.05, 4.69) is 31.5 Å². The third-order valence-corrected chi connectivity index (χ3v) is 2.36. The van der Waals surface area contributed by atoms with Gasteiger partial charge in [-0.25, -0.2) is 9.78 Å². The predicted molar refractivity (Wildman–Crippen MR) is 51.2 cm³/mol. The number of hydrogen-bond acceptors (Lipinski definition) is 2. The highest BCUT2D eigenvalue weighted by Gasteiger charge is 2.21. The Hall–Kier alpha value is -1.10. The molecule has 0 saturated carbocycles. The molecule has 0 unspecified atom stereocenters. The van der Waals surface area contributed by atoms with Gasteiger partial charge < -0.3 is 10.6 Å². The summed E-state index contributed by atoms with van der Waals surface area (Å²) in [5, 5.41) is 5.50. The van der Waals surface area contributed by atoms with Crippen LogP contribution in [0.3, 0.4) is 0 Å². The molecular weight excluding hydrogens is 234 g/mol. The number of pyridine rings is 1. The van der Waals surface area contributed by atoms with Crippen LogP contribution >= 0.6 is 15.9 Å². The van der Waals surface area contributed by atoms with Crippen molar-refractivity contribution in [2.45, 2.75) is 6.04 Å². The normalized spacial score (nSPS) is 21.0. The monoisotopic (exact) mass is 241 g/mol. The maximum Gasteiger partial charge on any atom is 0.315 e. The van der Waals surface area contributed by atoms with E-state index in [4.69, 9.17) is 0 Å². The van der Waals surface area contributed by atoms with Gasteiger partial charge in [-0.1, -0.05) is 0 Å². The third kappa shape index (κ3) is 1.80. The summed E-state index contributed by atoms with van der Waals surface area (Å²) in [6, 6.07) is 3.74. The minimum absolute atomic E-state index is 0.0619. The molecule has 1 aromatic heterocycles. The van der Waals surface area contributed by atoms with Crippen molar-refractivity contribution in [1.82, 2.24) is 15.6 Å². The Morgan fingerprint density at radius 2 is 2.46 bits per heavy atom. The first-order chi connectivity index (χ1) is 6.25. The van der Waals surface area contributed by atoms with Gasteiger partial charge in [-0.05, 0) is 33.6 Å². The molecule has 5 heteroatoms. The van der Waals surface area contributed by atoms with Gasteiger partial charge in [0, 0.05) is 12.7 Å². The van der Waals surface area contributed by atoms with Crippen molar-refractivity contribution in [3.05, 3.63) is 28.5 Å². The SMILES string of the molecule is O=C1NC[C@H](c2ccnc(Br)c2)N1. The van der Waals surface area contributed by atoms with Gasteiger partial charge in [0.05, 0.1) is 6.04 Å². The lowest BCUT2D eigenvalue weighted by molar-refractivity contribution is 0.247. The summed E-state index contributed by atoms with van der Waals surface area (Å²) in [5.41, 5.74) is 1.06. The van der Waals surface area contributed by atoms with E-state index < -0.39 is 0 Å². The number of rotatable bonds is 1. The molecule has 2 amide bonds. The molecule has 4 nitrogen and oxygen atoms in total. The number of hydrogen-bond donors (Lipinski definition) is 2. The summed E-state index contributed by atoms with van der Waals surface area (Å²) < 4.78 is 0.783. The van der Waals surface area contributed by atoms with Gasteiger partial charge in [0.1, 0.15) is 4.60 Å². The summed E-state index contributed by atoms with van der Waals surface area (Å²) in [4.78, 5) is 14.9. The summed E-state index contributed by atoms with van der Waals surface area (Å²) in [7, 11) is 0. The molecule has 0 aromatic carbocycles. The molecule has 1 saturated heterocycles. The van der Waals surface area contributed by atoms with E-state index in [1.165, 1.54) is 0 Å². The molecule has 1 fully saturated rings. The van der Waals surface area contributed by atoms with Gasteiger partial charge in [-0.2, -0.15) is 0 Å². The Labute approximate surface area is 83.9 Å². The second-order valence-electron chi connectivity index (χ2n) is 2.82. The van der Waals surface area contributed by atoms with E-state index >= 15 is 0 Å². The minimum atomic E-state index is -0.113. The van der Waals surface area contributed by atoms with Gasteiger partial charge >= 0.3 is 6.03 Å². The molecule has 68 valence electrons. The van der Waals surface area contributed by atoms with Crippen LogP contribution in [-0.2, 0) is 0 Å². The Morgan fingerprint density at radius 3 is 3.08 bits per heavy atom. The van der Waals surface area contributed by atoms with Crippen LogP contribution in [0.5, 0.6) is 0 Å². The fourth-order valence-electron chi connectivity index (χ4n) is 1.29. The van der Waals surface area contributed by atoms with E-state index in [1.54, 1.807) is 6.20 Å². The molecule has 13 heavy (non-hydrogen) atoms. The molecule has 1 aromatic rings. The van der Waals surface area contributed by atoms with Crippen molar-refractivity contribution < 1.29 is 4.79 Å². The average Bonchev–Trinajstić information content (AvgIpc) is 2.52. The van der Waals surface area contributed by atoms with Crippen LogP contribution < -0.4 is 10.6 Å². The lowest BCUT2D eigenvalue weighted by atomic mass is 10.1. The van der Waals surface area contributed by atoms with Gasteiger partial charge in [0.25, 0.3) is 0 Å². The first kappa shape index (κ1) is 8.50. The van der Waals surface area contributed by atoms with Crippen LogP contribution in [0, 0.1) is 0 Å². The standard InChI is InChI=1S/C8H8BrN3O/c9-7-3-5(1-2-10-7)6-4-11-8(13)12-6/h1-3,6H,4H2,(H2,11,12,13)/t6-/m1/s1. The lowest BCUT2D eigenvalue weighted by Crippen LogP contribution is -2.21. The highest BCUT2D eigenvalue weighted by molar-refractivity contribution is 9.10. The molecule has 1 atom stereocenters. The number of nitrogens with one attached hydrogen (secondary N) is 2. The summed E-state index contributed by atoms with van der Waals surface area (Å²) >= 11 is 3.28. The van der Waals surface area contributed by atoms with Gasteiger partial charge in [0.15, 0.2) is 0 Å². The highest BCUT2D eigenvalue weighted by atomic mass is 79.9. The molecule has 0 bridgehead atoms. The van der Waals surface area contributed by atoms with Crippen LogP contribution in [-0.4, -0.2) is 17.6 Å². The number of urea groups is 1. The zero-order chi connectivity index (χ0) is 9.26. The molecule has 1 aliphatic rings. The van der Waals surface area contributed by atoms with Gasteiger partial charge in [-0.15, -0.1) is 0 Å². The Kier molecular flexibility index (Phi) is 2.18. The summed E-state index contributed by atoms with van der Waals surface area (Å²) in [6.45, 7) is 0.634. The first-order valence-electron chi connectivity index (χ1n) is 3.91. The zero-order valence-electron chi connectivity index (χ0n) is 6.75. The topological polar surface area (TPSA) is 54.0 Å². The van der Waals surface area contributed by atoms with Crippen LogP contribution in [0.15, 0.2) is 22.9 Å². The molecule has 0 aliphatic carbocycles. The molecule has 2 heterocycles. The van der Waals surface area contributed by atoms with Crippen molar-refractivity contribution in [2.75, 3.05) is 6.54 Å². The van der Waals surface area contributed by atoms with Crippen LogP contribution in [0.1, 0.15) is 11.6 Å². The first-order valence-corrected chi connectivity index (χ1v) is 4.71. The van der Waals surface area contributed by atoms with E-state index in [9.17, 15) is 4.79 Å². The predicted octanol–water partition coefficient (Wildman–Crippen LogP) is 1.20. The summed E-state index contributed by atoms with van der Waals surface area (Å²) in [6.07, 6.45) is 1.71. The van der Waals surface area contributed by atoms with E-state index in [1.807, 2.05) is 12.1 Å². The van der Waals surface area contributed by atoms with Crippen molar-refractivity contribution >= 4 is 22.0 Å². The number of nitrogens with zero attached hydrogens (tertiary/aromatic N) is 1. The van der Waals surface area contributed by atoms with Crippen LogP contribution in [0.2, 0.25) is 0 Å². The number of halogens is 1. The van der Waals surface area contributed by atoms with Gasteiger partial charge in [0.2, 0.25) is 0 Å². The highest BCUT2D eigenvalue weighted by Crippen LogP contribution is 2.17. The Bertz CT molecular complexity index is 342. The van der Waals surface area contributed by atoms with Crippen molar-refractivity contribution in [1.29, 1.82) is 0 Å². The fraction of sp³-hybridized carbons (Fsp3) is 0.250. The van der Waals surface area contributed by atoms with Crippen LogP contribution in [0.25, 0.3) is 0 Å². The maximum absolute atomic E-state index is 10.9. The number of carbonyl (C=O) groups is 1. The second kappa shape index (κ2) is 3.33. The van der Waals surface area contributed by atoms with Crippen LogP contribution in [0.4, 0.5) is 4.79 Å². The van der Waals surface area contributed by atoms with Gasteiger partial charge in [-0.3, -0.25) is 0 Å². The van der Waals surface area contributed by atoms with Crippen molar-refractivity contribution in [3.8, 4) is 0 Å². The molecular formula is C8H8BrN3O. The summed E-state index contributed by atoms with van der Waals surface area (Å²) in [5.74, 6) is 0. The van der Waals surface area contributed by atoms with Crippen molar-refractivity contribution in [2.24, 2.45) is 0 Å². The lowest BCUT2D eigenvalue weighted by Gasteiger charge is -2.07. The molecule has 2 N–H and O–H groups in total. The maximum atomic E-state index is 10.9. The molecule has 0 radical (unpaired) electrons. The minimum Gasteiger partial charge on any atom is -0.336 e. The largest absolute Gasteiger partial charge is 0.336 e. The van der Waals surface area contributed by atoms with E-state index in [0.29, 0.717) is 6.54 Å². The quantitative estimate of drug-likeness (QED) is 0.727. The number of aromatic nitrogens is 1. The molecule has 0 spiro atoms.